The van der Waals surface area contributed by atoms with Crippen molar-refractivity contribution in [2.45, 2.75) is 32.1 Å². The third-order valence-electron chi connectivity index (χ3n) is 3.47. The van der Waals surface area contributed by atoms with Crippen LogP contribution in [-0.2, 0) is 0 Å². The van der Waals surface area contributed by atoms with Crippen molar-refractivity contribution in [3.63, 3.8) is 0 Å². The lowest BCUT2D eigenvalue weighted by Crippen LogP contribution is -2.13. The van der Waals surface area contributed by atoms with Crippen LogP contribution in [0.2, 0.25) is 0 Å². The van der Waals surface area contributed by atoms with Crippen LogP contribution in [0.15, 0.2) is 36.4 Å². The number of methoxy groups -OCH3 is 1. The number of carbonyl (C=O) groups excluding carboxylic acids is 1. The van der Waals surface area contributed by atoms with Crippen LogP contribution in [0.1, 0.15) is 42.5 Å². The third-order valence-corrected chi connectivity index (χ3v) is 3.47. The zero-order valence-electron chi connectivity index (χ0n) is 10.9. The Morgan fingerprint density at radius 2 is 1.94 bits per heavy atom. The van der Waals surface area contributed by atoms with Crippen molar-refractivity contribution in [2.75, 3.05) is 7.11 Å². The second kappa shape index (κ2) is 6.39. The van der Waals surface area contributed by atoms with Crippen LogP contribution in [0.4, 0.5) is 0 Å². The topological polar surface area (TPSA) is 26.3 Å². The summed E-state index contributed by atoms with van der Waals surface area (Å²) in [4.78, 5) is 12.4. The summed E-state index contributed by atoms with van der Waals surface area (Å²) in [6, 6.07) is 7.40. The predicted molar refractivity (Wildman–Crippen MR) is 73.0 cm³/mol. The molecule has 18 heavy (non-hydrogen) atoms. The van der Waals surface area contributed by atoms with Gasteiger partial charge in [0.2, 0.25) is 0 Å². The van der Waals surface area contributed by atoms with E-state index < -0.39 is 0 Å². The number of allylic oxidation sites excluding steroid dienone is 2. The van der Waals surface area contributed by atoms with Gasteiger partial charge in [-0.15, -0.1) is 0 Å². The average Bonchev–Trinajstić information content (AvgIpc) is 2.38. The van der Waals surface area contributed by atoms with E-state index in [1.807, 2.05) is 24.3 Å². The highest BCUT2D eigenvalue weighted by Crippen LogP contribution is 2.22. The van der Waals surface area contributed by atoms with E-state index in [-0.39, 0.29) is 11.7 Å². The lowest BCUT2D eigenvalue weighted by molar-refractivity contribution is 0.0938. The summed E-state index contributed by atoms with van der Waals surface area (Å²) in [6.45, 7) is 0. The first kappa shape index (κ1) is 12.9. The van der Waals surface area contributed by atoms with Crippen molar-refractivity contribution in [3.8, 4) is 5.75 Å². The molecule has 0 radical (unpaired) electrons. The van der Waals surface area contributed by atoms with Crippen LogP contribution in [0.25, 0.3) is 0 Å². The standard InChI is InChI=1S/C16H20O2/c1-18-15-11-9-14(10-12-15)16(17)13-7-5-3-2-4-6-8-13/h5,7,9-13H,2-4,6,8H2,1H3/b7-5+. The summed E-state index contributed by atoms with van der Waals surface area (Å²) < 4.78 is 5.11. The van der Waals surface area contributed by atoms with Crippen molar-refractivity contribution in [3.05, 3.63) is 42.0 Å². The molecule has 0 N–H and O–H groups in total. The van der Waals surface area contributed by atoms with Crippen LogP contribution in [-0.4, -0.2) is 12.9 Å². The van der Waals surface area contributed by atoms with E-state index in [2.05, 4.69) is 12.2 Å². The molecule has 0 aliphatic heterocycles. The molecule has 1 atom stereocenters. The van der Waals surface area contributed by atoms with Gasteiger partial charge in [0.25, 0.3) is 0 Å². The van der Waals surface area contributed by atoms with Crippen molar-refractivity contribution in [1.29, 1.82) is 0 Å². The van der Waals surface area contributed by atoms with E-state index in [0.717, 1.165) is 30.6 Å². The highest BCUT2D eigenvalue weighted by Gasteiger charge is 2.17. The maximum absolute atomic E-state index is 12.4. The van der Waals surface area contributed by atoms with E-state index in [9.17, 15) is 4.79 Å². The summed E-state index contributed by atoms with van der Waals surface area (Å²) in [7, 11) is 1.63. The Kier molecular flexibility index (Phi) is 4.57. The maximum Gasteiger partial charge on any atom is 0.169 e. The Bertz CT molecular complexity index is 417. The molecule has 0 amide bonds. The van der Waals surface area contributed by atoms with Crippen LogP contribution in [0.3, 0.4) is 0 Å². The molecule has 0 fully saturated rings. The van der Waals surface area contributed by atoms with Crippen LogP contribution >= 0.6 is 0 Å². The first-order valence-electron chi connectivity index (χ1n) is 6.66. The molecule has 2 rings (SSSR count). The van der Waals surface area contributed by atoms with Crippen molar-refractivity contribution in [2.24, 2.45) is 5.92 Å². The van der Waals surface area contributed by atoms with Gasteiger partial charge in [-0.3, -0.25) is 4.79 Å². The van der Waals surface area contributed by atoms with Gasteiger partial charge in [-0.25, -0.2) is 0 Å². The quantitative estimate of drug-likeness (QED) is 0.593. The summed E-state index contributed by atoms with van der Waals surface area (Å²) >= 11 is 0. The second-order valence-corrected chi connectivity index (χ2v) is 4.77. The number of hydrogen-bond donors (Lipinski definition) is 0. The van der Waals surface area contributed by atoms with Crippen LogP contribution in [0.5, 0.6) is 5.75 Å². The highest BCUT2D eigenvalue weighted by atomic mass is 16.5. The maximum atomic E-state index is 12.4. The lowest BCUT2D eigenvalue weighted by atomic mass is 9.90. The van der Waals surface area contributed by atoms with Gasteiger partial charge in [0.05, 0.1) is 7.11 Å². The lowest BCUT2D eigenvalue weighted by Gasteiger charge is -2.14. The number of ketones is 1. The molecule has 0 heterocycles. The zero-order chi connectivity index (χ0) is 12.8. The molecule has 1 unspecified atom stereocenters. The first-order valence-corrected chi connectivity index (χ1v) is 6.66. The number of ether oxygens (including phenoxy) is 1. The number of rotatable bonds is 3. The number of carbonyl (C=O) groups is 1. The van der Waals surface area contributed by atoms with E-state index in [1.54, 1.807) is 7.11 Å². The van der Waals surface area contributed by atoms with Gasteiger partial charge >= 0.3 is 0 Å². The van der Waals surface area contributed by atoms with Crippen molar-refractivity contribution >= 4 is 5.78 Å². The van der Waals surface area contributed by atoms with Gasteiger partial charge in [0, 0.05) is 11.5 Å². The molecule has 1 aliphatic rings. The Balaban J connectivity index is 2.10. The third kappa shape index (κ3) is 3.22. The number of hydrogen-bond acceptors (Lipinski definition) is 2. The Morgan fingerprint density at radius 3 is 2.67 bits per heavy atom. The molecule has 96 valence electrons. The molecule has 2 heteroatoms. The SMILES string of the molecule is COc1ccc(C(=O)C2/C=C/CCCCC2)cc1. The minimum atomic E-state index is 0.0543. The molecule has 0 aromatic heterocycles. The highest BCUT2D eigenvalue weighted by molar-refractivity contribution is 5.99. The fraction of sp³-hybridized carbons (Fsp3) is 0.438. The molecule has 1 aromatic rings. The smallest absolute Gasteiger partial charge is 0.169 e. The molecule has 0 bridgehead atoms. The Morgan fingerprint density at radius 1 is 1.17 bits per heavy atom. The van der Waals surface area contributed by atoms with Gasteiger partial charge < -0.3 is 4.74 Å². The average molecular weight is 244 g/mol. The monoisotopic (exact) mass is 244 g/mol. The fourth-order valence-electron chi connectivity index (χ4n) is 2.35. The van der Waals surface area contributed by atoms with E-state index >= 15 is 0 Å². The normalized spacial score (nSPS) is 21.7. The molecule has 1 aliphatic carbocycles. The fourth-order valence-corrected chi connectivity index (χ4v) is 2.35. The minimum absolute atomic E-state index is 0.0543. The number of Topliss-reactive ketones (excluding diaryl/α,β-unsaturated/α-hetero) is 1. The second-order valence-electron chi connectivity index (χ2n) is 4.77. The Hall–Kier alpha value is -1.57. The molecule has 2 nitrogen and oxygen atoms in total. The predicted octanol–water partition coefficient (Wildman–Crippen LogP) is 4.01. The molecular formula is C16H20O2. The van der Waals surface area contributed by atoms with Crippen LogP contribution < -0.4 is 4.74 Å². The largest absolute Gasteiger partial charge is 0.497 e. The molecule has 0 saturated carbocycles. The van der Waals surface area contributed by atoms with Gasteiger partial charge in [-0.05, 0) is 43.5 Å². The van der Waals surface area contributed by atoms with Crippen molar-refractivity contribution in [1.82, 2.24) is 0 Å². The minimum Gasteiger partial charge on any atom is -0.497 e. The van der Waals surface area contributed by atoms with E-state index in [0.29, 0.717) is 0 Å². The van der Waals surface area contributed by atoms with Gasteiger partial charge in [-0.2, -0.15) is 0 Å². The summed E-state index contributed by atoms with van der Waals surface area (Å²) in [5, 5.41) is 0. The van der Waals surface area contributed by atoms with Gasteiger partial charge in [0.1, 0.15) is 5.75 Å². The molecule has 1 aromatic carbocycles. The first-order chi connectivity index (χ1) is 8.81. The van der Waals surface area contributed by atoms with E-state index in [1.165, 1.54) is 12.8 Å². The summed E-state index contributed by atoms with van der Waals surface area (Å²) in [5.41, 5.74) is 0.783. The van der Waals surface area contributed by atoms with Crippen molar-refractivity contribution < 1.29 is 9.53 Å². The van der Waals surface area contributed by atoms with Crippen LogP contribution in [0, 0.1) is 5.92 Å². The Labute approximate surface area is 109 Å². The van der Waals surface area contributed by atoms with E-state index in [4.69, 9.17) is 4.74 Å². The van der Waals surface area contributed by atoms with Gasteiger partial charge in [-0.1, -0.05) is 25.0 Å². The summed E-state index contributed by atoms with van der Waals surface area (Å²) in [6.07, 6.45) is 9.96. The van der Waals surface area contributed by atoms with Gasteiger partial charge in [0.15, 0.2) is 5.78 Å². The molecule has 0 spiro atoms. The zero-order valence-corrected chi connectivity index (χ0v) is 10.9. The number of benzene rings is 1. The summed E-state index contributed by atoms with van der Waals surface area (Å²) in [5.74, 6) is 1.08. The molecular weight excluding hydrogens is 224 g/mol. The molecule has 0 saturated heterocycles.